The predicted molar refractivity (Wildman–Crippen MR) is 174 cm³/mol. The molecule has 4 aromatic rings. The first-order chi connectivity index (χ1) is 22.0. The summed E-state index contributed by atoms with van der Waals surface area (Å²) >= 11 is 0. The van der Waals surface area contributed by atoms with Gasteiger partial charge in [-0.05, 0) is 60.6 Å². The van der Waals surface area contributed by atoms with Gasteiger partial charge in [-0.15, -0.1) is 0 Å². The van der Waals surface area contributed by atoms with Gasteiger partial charge in [0.25, 0.3) is 0 Å². The second-order valence-corrected chi connectivity index (χ2v) is 10.9. The smallest absolute Gasteiger partial charge is 0.339 e. The zero-order valence-corrected chi connectivity index (χ0v) is 26.1. The summed E-state index contributed by atoms with van der Waals surface area (Å²) < 4.78 is 24.0. The van der Waals surface area contributed by atoms with E-state index >= 15 is 0 Å². The third kappa shape index (κ3) is 10.1. The summed E-state index contributed by atoms with van der Waals surface area (Å²) in [5, 5.41) is 9.58. The van der Waals surface area contributed by atoms with Gasteiger partial charge in [0.15, 0.2) is 17.2 Å². The highest BCUT2D eigenvalue weighted by Gasteiger charge is 2.21. The third-order valence-corrected chi connectivity index (χ3v) is 7.32. The lowest BCUT2D eigenvalue weighted by molar-refractivity contribution is -0.131. The average molecular weight is 611 g/mol. The molecule has 0 unspecified atom stereocenters. The van der Waals surface area contributed by atoms with Gasteiger partial charge in [0.1, 0.15) is 24.5 Å². The van der Waals surface area contributed by atoms with E-state index in [1.54, 1.807) is 6.07 Å². The topological polar surface area (TPSA) is 91.3 Å². The number of benzene rings is 4. The molecule has 0 saturated carbocycles. The van der Waals surface area contributed by atoms with Crippen molar-refractivity contribution < 1.29 is 33.6 Å². The van der Waals surface area contributed by atoms with Gasteiger partial charge in [-0.25, -0.2) is 4.79 Å². The molecule has 45 heavy (non-hydrogen) atoms. The number of carboxylic acids is 1. The van der Waals surface area contributed by atoms with Crippen molar-refractivity contribution in [2.75, 3.05) is 6.61 Å². The van der Waals surface area contributed by atoms with Gasteiger partial charge in [-0.3, -0.25) is 4.79 Å². The summed E-state index contributed by atoms with van der Waals surface area (Å²) in [6, 6.07) is 29.4. The van der Waals surface area contributed by atoms with Gasteiger partial charge in [-0.1, -0.05) is 99.0 Å². The normalized spacial score (nSPS) is 10.7. The van der Waals surface area contributed by atoms with Gasteiger partial charge in [0, 0.05) is 12.5 Å². The Bertz CT molecular complexity index is 1520. The molecule has 7 heteroatoms. The van der Waals surface area contributed by atoms with E-state index in [2.05, 4.69) is 18.2 Å². The summed E-state index contributed by atoms with van der Waals surface area (Å²) in [5.74, 6) is 0.467. The summed E-state index contributed by atoms with van der Waals surface area (Å²) in [7, 11) is 0. The highest BCUT2D eigenvalue weighted by molar-refractivity contribution is 5.93. The van der Waals surface area contributed by atoms with Crippen LogP contribution in [0.4, 0.5) is 0 Å². The minimum Gasteiger partial charge on any atom is -0.493 e. The number of para-hydroxylation sites is 1. The van der Waals surface area contributed by atoms with Crippen LogP contribution in [0.5, 0.6) is 23.0 Å². The van der Waals surface area contributed by atoms with Crippen molar-refractivity contribution in [3.8, 4) is 23.0 Å². The number of esters is 1. The van der Waals surface area contributed by atoms with E-state index in [9.17, 15) is 14.7 Å². The van der Waals surface area contributed by atoms with Gasteiger partial charge < -0.3 is 24.1 Å². The molecule has 0 aliphatic heterocycles. The standard InChI is InChI=1S/C38H42O7/c1-3-15-32-34(24-23-33(38(40)41)37(32)45-28(2)39)42-25-13-5-4-12-20-31-21-14-22-35(43-26-29-16-8-6-9-17-29)36(31)44-27-30-18-10-7-11-19-30/h6-11,14,16-19,21-24H,3-5,12-13,15,20,25-27H2,1-2H3,(H,40,41). The number of hydrogen-bond donors (Lipinski definition) is 1. The second kappa shape index (κ2) is 17.5. The molecule has 236 valence electrons. The van der Waals surface area contributed by atoms with E-state index in [1.807, 2.05) is 67.6 Å². The van der Waals surface area contributed by atoms with Gasteiger partial charge in [-0.2, -0.15) is 0 Å². The number of carbonyl (C=O) groups is 2. The number of unbranched alkanes of at least 4 members (excludes halogenated alkanes) is 3. The van der Waals surface area contributed by atoms with Crippen LogP contribution in [0.2, 0.25) is 0 Å². The second-order valence-electron chi connectivity index (χ2n) is 10.9. The van der Waals surface area contributed by atoms with Crippen molar-refractivity contribution in [3.63, 3.8) is 0 Å². The van der Waals surface area contributed by atoms with E-state index in [1.165, 1.54) is 13.0 Å². The van der Waals surface area contributed by atoms with Crippen LogP contribution in [-0.4, -0.2) is 23.7 Å². The fraction of sp³-hybridized carbons (Fsp3) is 0.316. The number of aromatic carboxylic acids is 1. The summed E-state index contributed by atoms with van der Waals surface area (Å²) in [6.07, 6.45) is 5.95. The number of rotatable bonds is 18. The van der Waals surface area contributed by atoms with Gasteiger partial charge >= 0.3 is 11.9 Å². The molecule has 0 spiro atoms. The molecule has 0 radical (unpaired) electrons. The molecule has 0 aliphatic rings. The number of ether oxygens (including phenoxy) is 4. The Kier molecular flexibility index (Phi) is 12.9. The fourth-order valence-electron chi connectivity index (χ4n) is 5.11. The molecule has 0 aromatic heterocycles. The first kappa shape index (κ1) is 33.1. The number of carboxylic acid groups (broad SMARTS) is 1. The molecule has 0 fully saturated rings. The van der Waals surface area contributed by atoms with Gasteiger partial charge in [0.2, 0.25) is 0 Å². The van der Waals surface area contributed by atoms with E-state index in [4.69, 9.17) is 18.9 Å². The molecule has 0 bridgehead atoms. The van der Waals surface area contributed by atoms with Gasteiger partial charge in [0.05, 0.1) is 6.61 Å². The molecule has 0 amide bonds. The number of aryl methyl sites for hydroxylation is 1. The maximum atomic E-state index is 11.7. The van der Waals surface area contributed by atoms with Crippen LogP contribution in [0.25, 0.3) is 0 Å². The van der Waals surface area contributed by atoms with Crippen LogP contribution in [-0.2, 0) is 30.8 Å². The quantitative estimate of drug-likeness (QED) is 0.0685. The van der Waals surface area contributed by atoms with Crippen LogP contribution >= 0.6 is 0 Å². The van der Waals surface area contributed by atoms with E-state index in [0.29, 0.717) is 37.6 Å². The molecule has 4 aromatic carbocycles. The molecule has 0 saturated heterocycles. The molecular formula is C38H42O7. The molecule has 0 atom stereocenters. The van der Waals surface area contributed by atoms with Crippen molar-refractivity contribution in [2.24, 2.45) is 0 Å². The third-order valence-electron chi connectivity index (χ3n) is 7.32. The lowest BCUT2D eigenvalue weighted by Gasteiger charge is -2.17. The van der Waals surface area contributed by atoms with Crippen molar-refractivity contribution in [1.82, 2.24) is 0 Å². The average Bonchev–Trinajstić information content (AvgIpc) is 3.04. The van der Waals surface area contributed by atoms with Crippen molar-refractivity contribution in [1.29, 1.82) is 0 Å². The minimum absolute atomic E-state index is 0.0392. The van der Waals surface area contributed by atoms with Crippen LogP contribution < -0.4 is 18.9 Å². The lowest BCUT2D eigenvalue weighted by atomic mass is 10.0. The lowest BCUT2D eigenvalue weighted by Crippen LogP contribution is -2.11. The Hall–Kier alpha value is -4.78. The summed E-state index contributed by atoms with van der Waals surface area (Å²) in [5.41, 5.74) is 3.89. The molecule has 0 heterocycles. The first-order valence-electron chi connectivity index (χ1n) is 15.6. The predicted octanol–water partition coefficient (Wildman–Crippen LogP) is 8.60. The highest BCUT2D eigenvalue weighted by atomic mass is 16.5. The van der Waals surface area contributed by atoms with E-state index in [-0.39, 0.29) is 11.3 Å². The SMILES string of the molecule is CCCc1c(OCCCCCCc2cccc(OCc3ccccc3)c2OCc2ccccc2)ccc(C(=O)O)c1OC(C)=O. The Morgan fingerprint density at radius 3 is 1.96 bits per heavy atom. The van der Waals surface area contributed by atoms with Crippen LogP contribution in [0.3, 0.4) is 0 Å². The zero-order chi connectivity index (χ0) is 31.9. The van der Waals surface area contributed by atoms with Crippen LogP contribution in [0.15, 0.2) is 91.0 Å². The molecular weight excluding hydrogens is 568 g/mol. The Morgan fingerprint density at radius 1 is 0.644 bits per heavy atom. The van der Waals surface area contributed by atoms with Crippen molar-refractivity contribution >= 4 is 11.9 Å². The Labute approximate surface area is 265 Å². The molecule has 0 aliphatic carbocycles. The van der Waals surface area contributed by atoms with Crippen molar-refractivity contribution in [3.05, 3.63) is 119 Å². The maximum absolute atomic E-state index is 11.7. The molecule has 4 rings (SSSR count). The van der Waals surface area contributed by atoms with Crippen LogP contribution in [0, 0.1) is 0 Å². The van der Waals surface area contributed by atoms with Crippen molar-refractivity contribution in [2.45, 2.75) is 72.0 Å². The summed E-state index contributed by atoms with van der Waals surface area (Å²) in [4.78, 5) is 23.4. The number of hydrogen-bond acceptors (Lipinski definition) is 6. The monoisotopic (exact) mass is 610 g/mol. The largest absolute Gasteiger partial charge is 0.493 e. The zero-order valence-electron chi connectivity index (χ0n) is 26.1. The molecule has 7 nitrogen and oxygen atoms in total. The maximum Gasteiger partial charge on any atom is 0.339 e. The van der Waals surface area contributed by atoms with Crippen LogP contribution in [0.1, 0.15) is 78.6 Å². The fourth-order valence-corrected chi connectivity index (χ4v) is 5.11. The Morgan fingerprint density at radius 2 is 1.31 bits per heavy atom. The molecule has 1 N–H and O–H groups in total. The summed E-state index contributed by atoms with van der Waals surface area (Å²) in [6.45, 7) is 4.66. The van der Waals surface area contributed by atoms with E-state index in [0.717, 1.165) is 66.7 Å². The number of carbonyl (C=O) groups excluding carboxylic acids is 1. The van der Waals surface area contributed by atoms with E-state index < -0.39 is 11.9 Å². The highest BCUT2D eigenvalue weighted by Crippen LogP contribution is 2.35. The Balaban J connectivity index is 1.33. The minimum atomic E-state index is -1.14. The first-order valence-corrected chi connectivity index (χ1v) is 15.6.